The van der Waals surface area contributed by atoms with Gasteiger partial charge in [0.05, 0.1) is 12.1 Å². The molecule has 3 heterocycles. The highest BCUT2D eigenvalue weighted by atomic mass is 16.5. The number of hydrogen-bond acceptors (Lipinski definition) is 8. The van der Waals surface area contributed by atoms with E-state index in [0.717, 1.165) is 0 Å². The molecule has 0 saturated carbocycles. The molecule has 3 aromatic heterocycles. The molecule has 0 saturated heterocycles. The number of carbonyl (C=O) groups excluding carboxylic acids is 1. The normalized spacial score (nSPS) is 11.1. The van der Waals surface area contributed by atoms with Gasteiger partial charge in [0.25, 0.3) is 5.91 Å². The zero-order chi connectivity index (χ0) is 17.4. The Morgan fingerprint density at radius 1 is 1.24 bits per heavy atom. The van der Waals surface area contributed by atoms with Crippen LogP contribution in [-0.4, -0.2) is 26.2 Å². The van der Waals surface area contributed by atoms with Crippen LogP contribution in [0, 0.1) is 6.92 Å². The molecule has 2 N–H and O–H groups in total. The highest BCUT2D eigenvalue weighted by molar-refractivity contribution is 5.96. The lowest BCUT2D eigenvalue weighted by Gasteiger charge is -2.01. The van der Waals surface area contributed by atoms with E-state index in [-0.39, 0.29) is 24.2 Å². The third-order valence-corrected chi connectivity index (χ3v) is 3.41. The third kappa shape index (κ3) is 2.92. The van der Waals surface area contributed by atoms with E-state index in [1.54, 1.807) is 25.1 Å². The predicted molar refractivity (Wildman–Crippen MR) is 82.5 cm³/mol. The summed E-state index contributed by atoms with van der Waals surface area (Å²) in [6.07, 6.45) is 0. The van der Waals surface area contributed by atoms with Gasteiger partial charge in [0.1, 0.15) is 5.76 Å². The molecule has 0 bridgehead atoms. The summed E-state index contributed by atoms with van der Waals surface area (Å²) in [7, 11) is 0. The van der Waals surface area contributed by atoms with Crippen LogP contribution in [0.1, 0.15) is 22.0 Å². The summed E-state index contributed by atoms with van der Waals surface area (Å²) in [5.41, 5.74) is 1.61. The Labute approximate surface area is 138 Å². The average Bonchev–Trinajstić information content (AvgIpc) is 3.30. The summed E-state index contributed by atoms with van der Waals surface area (Å²) in [4.78, 5) is 30.0. The van der Waals surface area contributed by atoms with Crippen LogP contribution in [0.15, 0.2) is 42.5 Å². The quantitative estimate of drug-likeness (QED) is 0.567. The number of aryl methyl sites for hydroxylation is 1. The lowest BCUT2D eigenvalue weighted by molar-refractivity contribution is 0.0946. The Balaban J connectivity index is 1.46. The first-order valence-electron chi connectivity index (χ1n) is 7.26. The first kappa shape index (κ1) is 14.9. The van der Waals surface area contributed by atoms with Crippen molar-refractivity contribution in [3.8, 4) is 11.5 Å². The molecule has 0 radical (unpaired) electrons. The summed E-state index contributed by atoms with van der Waals surface area (Å²) in [5.74, 6) is 0.174. The Hall–Kier alpha value is -3.69. The second-order valence-electron chi connectivity index (χ2n) is 5.24. The minimum Gasteiger partial charge on any atom is -0.408 e. The van der Waals surface area contributed by atoms with Crippen LogP contribution in [0.5, 0.6) is 0 Å². The van der Waals surface area contributed by atoms with Gasteiger partial charge < -0.3 is 18.8 Å². The fourth-order valence-electron chi connectivity index (χ4n) is 2.25. The molecule has 0 fully saturated rings. The SMILES string of the molecule is Cc1cc(-c2noc(CNC(=O)c3ccc4[nH]c(=O)oc4c3)n2)no1. The van der Waals surface area contributed by atoms with Gasteiger partial charge in [0.2, 0.25) is 11.7 Å². The second-order valence-corrected chi connectivity index (χ2v) is 5.24. The number of nitrogens with zero attached hydrogens (tertiary/aromatic N) is 3. The van der Waals surface area contributed by atoms with Gasteiger partial charge in [-0.1, -0.05) is 10.3 Å². The Bertz CT molecular complexity index is 1120. The van der Waals surface area contributed by atoms with Crippen LogP contribution in [0.25, 0.3) is 22.6 Å². The van der Waals surface area contributed by atoms with Crippen molar-refractivity contribution in [2.24, 2.45) is 0 Å². The molecule has 0 spiro atoms. The van der Waals surface area contributed by atoms with Gasteiger partial charge in [-0.2, -0.15) is 4.98 Å². The van der Waals surface area contributed by atoms with Gasteiger partial charge in [0, 0.05) is 11.6 Å². The number of fused-ring (bicyclic) bond motifs is 1. The number of nitrogens with one attached hydrogen (secondary N) is 2. The first-order valence-corrected chi connectivity index (χ1v) is 7.26. The number of aromatic nitrogens is 4. The number of H-pyrrole nitrogens is 1. The molecule has 0 atom stereocenters. The molecule has 126 valence electrons. The number of aromatic amines is 1. The fraction of sp³-hybridized carbons (Fsp3) is 0.133. The van der Waals surface area contributed by atoms with Crippen LogP contribution in [0.3, 0.4) is 0 Å². The summed E-state index contributed by atoms with van der Waals surface area (Å²) >= 11 is 0. The van der Waals surface area contributed by atoms with Crippen molar-refractivity contribution < 1.29 is 18.3 Å². The molecule has 0 aliphatic rings. The number of carbonyl (C=O) groups is 1. The molecule has 0 aliphatic carbocycles. The van der Waals surface area contributed by atoms with Crippen molar-refractivity contribution in [1.29, 1.82) is 0 Å². The Morgan fingerprint density at radius 2 is 2.12 bits per heavy atom. The van der Waals surface area contributed by atoms with E-state index in [1.807, 2.05) is 0 Å². The summed E-state index contributed by atoms with van der Waals surface area (Å²) < 4.78 is 14.9. The van der Waals surface area contributed by atoms with Crippen LogP contribution >= 0.6 is 0 Å². The average molecular weight is 341 g/mol. The van der Waals surface area contributed by atoms with Crippen LogP contribution in [0.4, 0.5) is 0 Å². The van der Waals surface area contributed by atoms with E-state index in [0.29, 0.717) is 28.1 Å². The van der Waals surface area contributed by atoms with Gasteiger partial charge in [-0.15, -0.1) is 0 Å². The number of oxazole rings is 1. The van der Waals surface area contributed by atoms with Crippen molar-refractivity contribution in [2.75, 3.05) is 0 Å². The lowest BCUT2D eigenvalue weighted by Crippen LogP contribution is -2.22. The van der Waals surface area contributed by atoms with Gasteiger partial charge >= 0.3 is 5.76 Å². The molecule has 0 aliphatic heterocycles. The van der Waals surface area contributed by atoms with Crippen molar-refractivity contribution in [2.45, 2.75) is 13.5 Å². The lowest BCUT2D eigenvalue weighted by atomic mass is 10.2. The molecule has 1 aromatic carbocycles. The van der Waals surface area contributed by atoms with E-state index in [9.17, 15) is 9.59 Å². The fourth-order valence-corrected chi connectivity index (χ4v) is 2.25. The second kappa shape index (κ2) is 5.74. The maximum atomic E-state index is 12.2. The van der Waals surface area contributed by atoms with Gasteiger partial charge in [-0.25, -0.2) is 4.79 Å². The van der Waals surface area contributed by atoms with Crippen molar-refractivity contribution >= 4 is 17.0 Å². The molecule has 1 amide bonds. The zero-order valence-electron chi connectivity index (χ0n) is 12.9. The molecule has 4 rings (SSSR count). The summed E-state index contributed by atoms with van der Waals surface area (Å²) in [5, 5.41) is 10.2. The van der Waals surface area contributed by atoms with E-state index in [4.69, 9.17) is 13.5 Å². The number of benzene rings is 1. The van der Waals surface area contributed by atoms with Crippen LogP contribution in [0.2, 0.25) is 0 Å². The summed E-state index contributed by atoms with van der Waals surface area (Å²) in [6.45, 7) is 1.79. The maximum absolute atomic E-state index is 12.2. The highest BCUT2D eigenvalue weighted by Gasteiger charge is 2.14. The number of rotatable bonds is 4. The Kier molecular flexibility index (Phi) is 3.42. The molecular formula is C15H11N5O5. The number of hydrogen-bond donors (Lipinski definition) is 2. The topological polar surface area (TPSA) is 140 Å². The largest absolute Gasteiger partial charge is 0.417 e. The third-order valence-electron chi connectivity index (χ3n) is 3.41. The van der Waals surface area contributed by atoms with Crippen LogP contribution in [-0.2, 0) is 6.54 Å². The zero-order valence-corrected chi connectivity index (χ0v) is 12.9. The molecule has 10 nitrogen and oxygen atoms in total. The standard InChI is InChI=1S/C15H11N5O5/c1-7-4-10(19-24-7)13-18-12(25-20-13)6-16-14(21)8-2-3-9-11(5-8)23-15(22)17-9/h2-5H,6H2,1H3,(H,16,21)(H,17,22). The summed E-state index contributed by atoms with van der Waals surface area (Å²) in [6, 6.07) is 6.31. The van der Waals surface area contributed by atoms with Gasteiger partial charge in [0.15, 0.2) is 11.3 Å². The molecule has 0 unspecified atom stereocenters. The highest BCUT2D eigenvalue weighted by Crippen LogP contribution is 2.15. The molecule has 4 aromatic rings. The van der Waals surface area contributed by atoms with E-state index in [2.05, 4.69) is 25.6 Å². The van der Waals surface area contributed by atoms with Crippen molar-refractivity contribution in [1.82, 2.24) is 25.6 Å². The molecule has 10 heteroatoms. The van der Waals surface area contributed by atoms with E-state index in [1.165, 1.54) is 6.07 Å². The minimum atomic E-state index is -0.575. The predicted octanol–water partition coefficient (Wildman–Crippen LogP) is 1.40. The van der Waals surface area contributed by atoms with E-state index < -0.39 is 5.76 Å². The van der Waals surface area contributed by atoms with Crippen molar-refractivity contribution in [3.05, 3.63) is 52.0 Å². The smallest absolute Gasteiger partial charge is 0.408 e. The Morgan fingerprint density at radius 3 is 2.92 bits per heavy atom. The molecular weight excluding hydrogens is 330 g/mol. The first-order chi connectivity index (χ1) is 12.1. The van der Waals surface area contributed by atoms with Crippen molar-refractivity contribution in [3.63, 3.8) is 0 Å². The monoisotopic (exact) mass is 341 g/mol. The van der Waals surface area contributed by atoms with Crippen LogP contribution < -0.4 is 11.1 Å². The number of amides is 1. The van der Waals surface area contributed by atoms with Gasteiger partial charge in [-0.05, 0) is 25.1 Å². The minimum absolute atomic E-state index is 0.0395. The van der Waals surface area contributed by atoms with E-state index >= 15 is 0 Å². The maximum Gasteiger partial charge on any atom is 0.417 e. The molecule has 25 heavy (non-hydrogen) atoms. The van der Waals surface area contributed by atoms with Gasteiger partial charge in [-0.3, -0.25) is 9.78 Å².